The maximum Gasteiger partial charge on any atom is 0.494 e. The molecule has 5 heterocycles. The number of nitrogens with zero attached hydrogens (tertiary/aromatic N) is 2. The molecule has 1 saturated carbocycles. The van der Waals surface area contributed by atoms with Crippen molar-refractivity contribution in [3.8, 4) is 0 Å². The maximum absolute atomic E-state index is 14.2. The first-order valence-corrected chi connectivity index (χ1v) is 13.3. The molecule has 1 aliphatic carbocycles. The van der Waals surface area contributed by atoms with Gasteiger partial charge in [0.1, 0.15) is 12.4 Å². The third-order valence-corrected chi connectivity index (χ3v) is 9.90. The molecule has 1 N–H and O–H groups in total. The molecule has 8 heteroatoms. The Morgan fingerprint density at radius 2 is 1.74 bits per heavy atom. The molecule has 6 aliphatic rings. The third-order valence-electron chi connectivity index (χ3n) is 9.90. The van der Waals surface area contributed by atoms with E-state index < -0.39 is 23.7 Å². The summed E-state index contributed by atoms with van der Waals surface area (Å²) in [5.41, 5.74) is 3.44. The highest BCUT2D eigenvalue weighted by Crippen LogP contribution is 2.51. The standard InChI is InChI=1S/C27H36BN3O4/c1-25(2)26(3,4)35-28(34-25)17-5-6-22-23(11-17)31(24(32)27(22)7-9-29-10-8-27)19-12-18(13-19)30-15-21-14-20(30)16-33-21/h5-6,11,16,18-19,21,29H,7-10,12-15H2,1-4H3/t18-,19+,21?. The van der Waals surface area contributed by atoms with Crippen LogP contribution < -0.4 is 15.7 Å². The molecule has 1 atom stereocenters. The van der Waals surface area contributed by atoms with Gasteiger partial charge >= 0.3 is 7.12 Å². The van der Waals surface area contributed by atoms with E-state index in [0.29, 0.717) is 18.1 Å². The molecule has 7 rings (SSSR count). The number of amides is 1. The second-order valence-electron chi connectivity index (χ2n) is 12.4. The lowest BCUT2D eigenvalue weighted by Crippen LogP contribution is -2.57. The number of fused-ring (bicyclic) bond motifs is 4. The van der Waals surface area contributed by atoms with Crippen LogP contribution >= 0.6 is 0 Å². The average molecular weight is 477 g/mol. The van der Waals surface area contributed by atoms with Crippen LogP contribution in [0, 0.1) is 0 Å². The first kappa shape index (κ1) is 22.2. The molecule has 1 amide bonds. The minimum Gasteiger partial charge on any atom is -0.494 e. The van der Waals surface area contributed by atoms with Gasteiger partial charge in [0, 0.05) is 24.2 Å². The zero-order chi connectivity index (χ0) is 24.2. The van der Waals surface area contributed by atoms with Crippen molar-refractivity contribution >= 4 is 24.2 Å². The number of carbonyl (C=O) groups excluding carboxylic acids is 1. The van der Waals surface area contributed by atoms with Gasteiger partial charge in [-0.25, -0.2) is 0 Å². The number of carbonyl (C=O) groups is 1. The Morgan fingerprint density at radius 1 is 1.03 bits per heavy atom. The van der Waals surface area contributed by atoms with Crippen molar-refractivity contribution in [2.24, 2.45) is 0 Å². The van der Waals surface area contributed by atoms with Gasteiger partial charge in [0.15, 0.2) is 0 Å². The minimum absolute atomic E-state index is 0.245. The van der Waals surface area contributed by atoms with E-state index in [1.165, 1.54) is 11.3 Å². The molecule has 1 aromatic rings. The van der Waals surface area contributed by atoms with E-state index in [2.05, 4.69) is 61.0 Å². The summed E-state index contributed by atoms with van der Waals surface area (Å²) in [5.74, 6) is 0.300. The smallest absolute Gasteiger partial charge is 0.494 e. The summed E-state index contributed by atoms with van der Waals surface area (Å²) in [7, 11) is -0.423. The number of ether oxygens (including phenoxy) is 1. The van der Waals surface area contributed by atoms with Crippen LogP contribution in [-0.2, 0) is 24.3 Å². The van der Waals surface area contributed by atoms with E-state index in [9.17, 15) is 4.79 Å². The molecular formula is C27H36BN3O4. The summed E-state index contributed by atoms with van der Waals surface area (Å²) in [6, 6.07) is 7.25. The summed E-state index contributed by atoms with van der Waals surface area (Å²) in [6.45, 7) is 11.1. The molecular weight excluding hydrogens is 441 g/mol. The molecule has 1 spiro atoms. The molecule has 3 saturated heterocycles. The van der Waals surface area contributed by atoms with Crippen molar-refractivity contribution in [1.29, 1.82) is 0 Å². The summed E-state index contributed by atoms with van der Waals surface area (Å²) < 4.78 is 18.4. The van der Waals surface area contributed by atoms with Crippen molar-refractivity contribution < 1.29 is 18.8 Å². The summed E-state index contributed by atoms with van der Waals surface area (Å²) in [5, 5.41) is 3.46. The number of anilines is 1. The number of hydrogen-bond acceptors (Lipinski definition) is 6. The zero-order valence-corrected chi connectivity index (χ0v) is 21.3. The maximum atomic E-state index is 14.2. The van der Waals surface area contributed by atoms with E-state index in [4.69, 9.17) is 14.0 Å². The molecule has 0 aromatic heterocycles. The summed E-state index contributed by atoms with van der Waals surface area (Å²) in [6.07, 6.45) is 7.07. The van der Waals surface area contributed by atoms with E-state index in [0.717, 1.165) is 62.9 Å². The Labute approximate surface area is 208 Å². The van der Waals surface area contributed by atoms with Crippen LogP contribution in [0.1, 0.15) is 65.4 Å². The average Bonchev–Trinajstić information content (AvgIpc) is 3.52. The molecule has 0 radical (unpaired) electrons. The minimum atomic E-state index is -0.423. The number of likely N-dealkylation sites (tertiary alicyclic amines) is 1. The molecule has 2 bridgehead atoms. The van der Waals surface area contributed by atoms with E-state index >= 15 is 0 Å². The number of nitrogens with one attached hydrogen (secondary N) is 1. The van der Waals surface area contributed by atoms with Gasteiger partial charge in [0.2, 0.25) is 5.91 Å². The first-order valence-electron chi connectivity index (χ1n) is 13.3. The normalized spacial score (nSPS) is 33.7. The van der Waals surface area contributed by atoms with Gasteiger partial charge in [-0.2, -0.15) is 0 Å². The monoisotopic (exact) mass is 477 g/mol. The molecule has 4 fully saturated rings. The third kappa shape index (κ3) is 3.05. The van der Waals surface area contributed by atoms with Crippen molar-refractivity contribution in [2.75, 3.05) is 24.5 Å². The Morgan fingerprint density at radius 3 is 2.37 bits per heavy atom. The second-order valence-corrected chi connectivity index (χ2v) is 12.4. The highest BCUT2D eigenvalue weighted by Gasteiger charge is 2.57. The molecule has 5 aliphatic heterocycles. The van der Waals surface area contributed by atoms with E-state index in [1.54, 1.807) is 0 Å². The molecule has 1 aromatic carbocycles. The van der Waals surface area contributed by atoms with Crippen molar-refractivity contribution in [3.05, 3.63) is 35.7 Å². The van der Waals surface area contributed by atoms with Crippen LogP contribution in [-0.4, -0.2) is 66.9 Å². The van der Waals surface area contributed by atoms with Gasteiger partial charge < -0.3 is 29.2 Å². The van der Waals surface area contributed by atoms with Gasteiger partial charge in [-0.3, -0.25) is 4.79 Å². The molecule has 35 heavy (non-hydrogen) atoms. The predicted octanol–water partition coefficient (Wildman–Crippen LogP) is 2.43. The van der Waals surface area contributed by atoms with Crippen LogP contribution in [0.5, 0.6) is 0 Å². The van der Waals surface area contributed by atoms with Crippen molar-refractivity contribution in [3.63, 3.8) is 0 Å². The van der Waals surface area contributed by atoms with Crippen LogP contribution in [0.3, 0.4) is 0 Å². The number of piperidine rings is 1. The topological polar surface area (TPSA) is 63.3 Å². The van der Waals surface area contributed by atoms with Gasteiger partial charge in [-0.1, -0.05) is 12.1 Å². The Bertz CT molecular complexity index is 1090. The van der Waals surface area contributed by atoms with Gasteiger partial charge in [-0.15, -0.1) is 0 Å². The van der Waals surface area contributed by atoms with Crippen LogP contribution in [0.2, 0.25) is 0 Å². The number of rotatable bonds is 3. The second kappa shape index (κ2) is 7.27. The fourth-order valence-corrected chi connectivity index (χ4v) is 6.97. The highest BCUT2D eigenvalue weighted by molar-refractivity contribution is 6.62. The van der Waals surface area contributed by atoms with E-state index in [1.807, 2.05) is 6.26 Å². The van der Waals surface area contributed by atoms with Gasteiger partial charge in [0.25, 0.3) is 0 Å². The first-order chi connectivity index (χ1) is 16.7. The highest BCUT2D eigenvalue weighted by atomic mass is 16.7. The predicted molar refractivity (Wildman–Crippen MR) is 135 cm³/mol. The molecule has 1 unspecified atom stereocenters. The zero-order valence-electron chi connectivity index (χ0n) is 21.3. The lowest BCUT2D eigenvalue weighted by Gasteiger charge is -2.47. The number of benzene rings is 1. The van der Waals surface area contributed by atoms with Gasteiger partial charge in [-0.05, 0) is 83.6 Å². The molecule has 7 nitrogen and oxygen atoms in total. The quantitative estimate of drug-likeness (QED) is 0.675. The van der Waals surface area contributed by atoms with Crippen molar-refractivity contribution in [2.45, 2.75) is 94.6 Å². The summed E-state index contributed by atoms with van der Waals surface area (Å²) in [4.78, 5) is 18.8. The Kier molecular flexibility index (Phi) is 4.61. The lowest BCUT2D eigenvalue weighted by molar-refractivity contribution is -0.125. The van der Waals surface area contributed by atoms with E-state index in [-0.39, 0.29) is 6.04 Å². The molecule has 186 valence electrons. The lowest BCUT2D eigenvalue weighted by atomic mass is 9.72. The summed E-state index contributed by atoms with van der Waals surface area (Å²) >= 11 is 0. The Balaban J connectivity index is 1.20. The SMILES string of the molecule is CC1(C)OB(c2ccc3c(c2)N([C@H]2C[C@@H](N4CC5CC4=CO5)C2)C(=O)C32CCNCC2)OC1(C)C. The van der Waals surface area contributed by atoms with Crippen LogP contribution in [0.15, 0.2) is 30.2 Å². The Hall–Kier alpha value is -2.03. The largest absolute Gasteiger partial charge is 0.494 e. The number of hydrogen-bond donors (Lipinski definition) is 1. The van der Waals surface area contributed by atoms with Gasteiger partial charge in [0.05, 0.1) is 28.9 Å². The van der Waals surface area contributed by atoms with Crippen molar-refractivity contribution in [1.82, 2.24) is 10.2 Å². The van der Waals surface area contributed by atoms with Crippen LogP contribution in [0.25, 0.3) is 0 Å². The fraction of sp³-hybridized carbons (Fsp3) is 0.667. The van der Waals surface area contributed by atoms with Crippen LogP contribution in [0.4, 0.5) is 5.69 Å². The fourth-order valence-electron chi connectivity index (χ4n) is 6.97.